The Hall–Kier alpha value is -2.01. The zero-order chi connectivity index (χ0) is 14.0. The van der Waals surface area contributed by atoms with Crippen molar-refractivity contribution in [2.24, 2.45) is 5.73 Å². The third-order valence-corrected chi connectivity index (χ3v) is 2.69. The average Bonchev–Trinajstić information content (AvgIpc) is 2.38. The van der Waals surface area contributed by atoms with Crippen LogP contribution in [0.3, 0.4) is 0 Å². The van der Waals surface area contributed by atoms with Crippen molar-refractivity contribution in [3.05, 3.63) is 59.7 Å². The summed E-state index contributed by atoms with van der Waals surface area (Å²) in [6, 6.07) is 11.0. The van der Waals surface area contributed by atoms with Gasteiger partial charge in [-0.25, -0.2) is 0 Å². The van der Waals surface area contributed by atoms with Crippen molar-refractivity contribution in [3.63, 3.8) is 0 Å². The number of alkyl halides is 3. The molecule has 2 aromatic carbocycles. The van der Waals surface area contributed by atoms with Crippen LogP contribution < -0.4 is 5.73 Å². The number of nitrogens with two attached hydrogens (primary N) is 1. The molecule has 20 heavy (non-hydrogen) atoms. The number of rotatable bonds is 2. The first kappa shape index (κ1) is 16.0. The third kappa shape index (κ3) is 3.30. The molecule has 2 aromatic rings. The standard InChI is InChI=1S/C14H10F3NO.ClH/c15-14(16,17)12-7-2-1-6-11(12)9-4-3-5-10(8-9)13(18)19;/h1-8H,(H2,18,19);1H. The SMILES string of the molecule is Cl.NC(=O)c1cccc(-c2ccccc2C(F)(F)F)c1. The molecule has 0 bridgehead atoms. The Morgan fingerprint density at radius 1 is 1.00 bits per heavy atom. The highest BCUT2D eigenvalue weighted by Gasteiger charge is 2.33. The van der Waals surface area contributed by atoms with Gasteiger partial charge in [-0.3, -0.25) is 4.79 Å². The minimum atomic E-state index is -4.45. The number of primary amides is 1. The fraction of sp³-hybridized carbons (Fsp3) is 0.0714. The predicted octanol–water partition coefficient (Wildman–Crippen LogP) is 3.89. The molecule has 2 N–H and O–H groups in total. The summed E-state index contributed by atoms with van der Waals surface area (Å²) in [4.78, 5) is 11.1. The lowest BCUT2D eigenvalue weighted by Crippen LogP contribution is -2.11. The normalized spacial score (nSPS) is 10.8. The summed E-state index contributed by atoms with van der Waals surface area (Å²) in [7, 11) is 0. The molecular weight excluding hydrogens is 291 g/mol. The highest BCUT2D eigenvalue weighted by atomic mass is 35.5. The van der Waals surface area contributed by atoms with Gasteiger partial charge < -0.3 is 5.73 Å². The van der Waals surface area contributed by atoms with Gasteiger partial charge in [0.1, 0.15) is 0 Å². The second-order valence-corrected chi connectivity index (χ2v) is 3.99. The molecule has 2 nitrogen and oxygen atoms in total. The monoisotopic (exact) mass is 301 g/mol. The molecule has 0 aliphatic heterocycles. The Balaban J connectivity index is 0.00000200. The fourth-order valence-electron chi connectivity index (χ4n) is 1.82. The molecule has 106 valence electrons. The van der Waals surface area contributed by atoms with E-state index < -0.39 is 17.6 Å². The van der Waals surface area contributed by atoms with Gasteiger partial charge in [-0.2, -0.15) is 13.2 Å². The lowest BCUT2D eigenvalue weighted by Gasteiger charge is -2.13. The van der Waals surface area contributed by atoms with Crippen LogP contribution in [0.5, 0.6) is 0 Å². The lowest BCUT2D eigenvalue weighted by molar-refractivity contribution is -0.137. The molecule has 0 saturated carbocycles. The molecule has 0 aliphatic carbocycles. The van der Waals surface area contributed by atoms with Crippen LogP contribution in [0.25, 0.3) is 11.1 Å². The van der Waals surface area contributed by atoms with Crippen molar-refractivity contribution in [3.8, 4) is 11.1 Å². The first-order chi connectivity index (χ1) is 8.89. The molecule has 0 heterocycles. The summed E-state index contributed by atoms with van der Waals surface area (Å²) in [5.74, 6) is -0.675. The first-order valence-electron chi connectivity index (χ1n) is 5.46. The largest absolute Gasteiger partial charge is 0.417 e. The van der Waals surface area contributed by atoms with E-state index in [4.69, 9.17) is 5.73 Å². The molecule has 0 saturated heterocycles. The minimum absolute atomic E-state index is 0. The molecule has 6 heteroatoms. The summed E-state index contributed by atoms with van der Waals surface area (Å²) < 4.78 is 38.7. The molecule has 0 aromatic heterocycles. The van der Waals surface area contributed by atoms with E-state index in [0.29, 0.717) is 5.56 Å². The maximum Gasteiger partial charge on any atom is 0.417 e. The number of benzene rings is 2. The van der Waals surface area contributed by atoms with Crippen molar-refractivity contribution in [1.29, 1.82) is 0 Å². The van der Waals surface area contributed by atoms with Crippen molar-refractivity contribution >= 4 is 18.3 Å². The van der Waals surface area contributed by atoms with Crippen LogP contribution in [0.1, 0.15) is 15.9 Å². The second kappa shape index (κ2) is 5.96. The number of amides is 1. The minimum Gasteiger partial charge on any atom is -0.366 e. The van der Waals surface area contributed by atoms with E-state index in [2.05, 4.69) is 0 Å². The summed E-state index contributed by atoms with van der Waals surface area (Å²) in [5.41, 5.74) is 4.90. The molecule has 0 fully saturated rings. The van der Waals surface area contributed by atoms with Gasteiger partial charge in [0.2, 0.25) is 5.91 Å². The van der Waals surface area contributed by atoms with Crippen LogP contribution in [0.4, 0.5) is 13.2 Å². The number of carbonyl (C=O) groups excluding carboxylic acids is 1. The number of hydrogen-bond donors (Lipinski definition) is 1. The van der Waals surface area contributed by atoms with Crippen molar-refractivity contribution in [1.82, 2.24) is 0 Å². The van der Waals surface area contributed by atoms with Crippen LogP contribution in [0.15, 0.2) is 48.5 Å². The molecule has 1 amide bonds. The van der Waals surface area contributed by atoms with Gasteiger partial charge in [0.05, 0.1) is 5.56 Å². The van der Waals surface area contributed by atoms with E-state index in [-0.39, 0.29) is 23.5 Å². The Morgan fingerprint density at radius 2 is 1.65 bits per heavy atom. The van der Waals surface area contributed by atoms with E-state index >= 15 is 0 Å². The molecule has 2 rings (SSSR count). The molecular formula is C14H11ClF3NO. The van der Waals surface area contributed by atoms with Gasteiger partial charge in [-0.05, 0) is 29.3 Å². The first-order valence-corrected chi connectivity index (χ1v) is 5.46. The van der Waals surface area contributed by atoms with Gasteiger partial charge in [-0.1, -0.05) is 30.3 Å². The molecule has 0 spiro atoms. The zero-order valence-corrected chi connectivity index (χ0v) is 11.0. The molecule has 0 atom stereocenters. The smallest absolute Gasteiger partial charge is 0.366 e. The van der Waals surface area contributed by atoms with Gasteiger partial charge in [-0.15, -0.1) is 12.4 Å². The predicted molar refractivity (Wildman–Crippen MR) is 72.6 cm³/mol. The fourth-order valence-corrected chi connectivity index (χ4v) is 1.82. The second-order valence-electron chi connectivity index (χ2n) is 3.99. The summed E-state index contributed by atoms with van der Waals surface area (Å²) >= 11 is 0. The van der Waals surface area contributed by atoms with Crippen LogP contribution >= 0.6 is 12.4 Å². The third-order valence-electron chi connectivity index (χ3n) is 2.69. The van der Waals surface area contributed by atoms with Crippen molar-refractivity contribution < 1.29 is 18.0 Å². The van der Waals surface area contributed by atoms with E-state index in [1.807, 2.05) is 0 Å². The topological polar surface area (TPSA) is 43.1 Å². The van der Waals surface area contributed by atoms with Gasteiger partial charge in [0.25, 0.3) is 0 Å². The Kier molecular flexibility index (Phi) is 4.78. The zero-order valence-electron chi connectivity index (χ0n) is 10.1. The lowest BCUT2D eigenvalue weighted by atomic mass is 9.97. The summed E-state index contributed by atoms with van der Waals surface area (Å²) in [6.45, 7) is 0. The Morgan fingerprint density at radius 3 is 2.25 bits per heavy atom. The number of carbonyl (C=O) groups is 1. The van der Waals surface area contributed by atoms with E-state index in [1.54, 1.807) is 0 Å². The number of hydrogen-bond acceptors (Lipinski definition) is 1. The molecule has 0 aliphatic rings. The Labute approximate surface area is 119 Å². The summed E-state index contributed by atoms with van der Waals surface area (Å²) in [6.07, 6.45) is -4.45. The Bertz CT molecular complexity index is 626. The van der Waals surface area contributed by atoms with Crippen LogP contribution in [-0.4, -0.2) is 5.91 Å². The van der Waals surface area contributed by atoms with Crippen molar-refractivity contribution in [2.75, 3.05) is 0 Å². The van der Waals surface area contributed by atoms with E-state index in [1.165, 1.54) is 42.5 Å². The quantitative estimate of drug-likeness (QED) is 0.898. The average molecular weight is 302 g/mol. The van der Waals surface area contributed by atoms with E-state index in [9.17, 15) is 18.0 Å². The maximum absolute atomic E-state index is 12.9. The molecule has 0 unspecified atom stereocenters. The maximum atomic E-state index is 12.9. The van der Waals surface area contributed by atoms with Crippen LogP contribution in [-0.2, 0) is 6.18 Å². The van der Waals surface area contributed by atoms with Gasteiger partial charge in [0, 0.05) is 5.56 Å². The highest BCUT2D eigenvalue weighted by molar-refractivity contribution is 5.94. The van der Waals surface area contributed by atoms with Crippen LogP contribution in [0.2, 0.25) is 0 Å². The molecule has 0 radical (unpaired) electrons. The summed E-state index contributed by atoms with van der Waals surface area (Å²) in [5, 5.41) is 0. The van der Waals surface area contributed by atoms with Crippen molar-refractivity contribution in [2.45, 2.75) is 6.18 Å². The highest BCUT2D eigenvalue weighted by Crippen LogP contribution is 2.36. The van der Waals surface area contributed by atoms with Crippen LogP contribution in [0, 0.1) is 0 Å². The van der Waals surface area contributed by atoms with Gasteiger partial charge >= 0.3 is 6.18 Å². The van der Waals surface area contributed by atoms with Gasteiger partial charge in [0.15, 0.2) is 0 Å². The van der Waals surface area contributed by atoms with E-state index in [0.717, 1.165) is 6.07 Å². The number of halogens is 4.